The molecule has 0 aromatic heterocycles. The molecule has 0 bridgehead atoms. The van der Waals surface area contributed by atoms with Gasteiger partial charge in [0.05, 0.1) is 0 Å². The third kappa shape index (κ3) is 1.79. The highest BCUT2D eigenvalue weighted by Gasteiger charge is 2.39. The fourth-order valence-electron chi connectivity index (χ4n) is 4.03. The average molecular weight is 266 g/mol. The molecule has 1 atom stereocenters. The molecule has 0 saturated heterocycles. The van der Waals surface area contributed by atoms with Gasteiger partial charge >= 0.3 is 0 Å². The van der Waals surface area contributed by atoms with Crippen LogP contribution >= 0.6 is 0 Å². The summed E-state index contributed by atoms with van der Waals surface area (Å²) in [5, 5.41) is 19.3. The minimum Gasteiger partial charge on any atom is -0.508 e. The first-order valence-corrected chi connectivity index (χ1v) is 7.25. The maximum atomic E-state index is 9.70. The van der Waals surface area contributed by atoms with Gasteiger partial charge in [-0.3, -0.25) is 0 Å². The fourth-order valence-corrected chi connectivity index (χ4v) is 4.03. The van der Waals surface area contributed by atoms with Crippen LogP contribution in [-0.4, -0.2) is 10.2 Å². The Labute approximate surface area is 118 Å². The van der Waals surface area contributed by atoms with Gasteiger partial charge in [-0.15, -0.1) is 0 Å². The van der Waals surface area contributed by atoms with Crippen LogP contribution in [0.25, 0.3) is 0 Å². The molecule has 0 fully saturated rings. The zero-order valence-electron chi connectivity index (χ0n) is 11.4. The van der Waals surface area contributed by atoms with Crippen LogP contribution in [0.4, 0.5) is 0 Å². The second-order valence-corrected chi connectivity index (χ2v) is 6.44. The van der Waals surface area contributed by atoms with Crippen LogP contribution < -0.4 is 0 Å². The first kappa shape index (κ1) is 11.8. The van der Waals surface area contributed by atoms with E-state index in [9.17, 15) is 10.2 Å². The fraction of sp³-hybridized carbons (Fsp3) is 0.333. The van der Waals surface area contributed by atoms with Gasteiger partial charge in [0.15, 0.2) is 0 Å². The van der Waals surface area contributed by atoms with Gasteiger partial charge in [0.2, 0.25) is 0 Å². The molecule has 2 aliphatic rings. The second kappa shape index (κ2) is 4.02. The molecule has 0 radical (unpaired) electrons. The molecule has 4 rings (SSSR count). The summed E-state index contributed by atoms with van der Waals surface area (Å²) >= 11 is 0. The summed E-state index contributed by atoms with van der Waals surface area (Å²) in [5.41, 5.74) is 5.65. The molecule has 2 aliphatic carbocycles. The Morgan fingerprint density at radius 1 is 0.700 bits per heavy atom. The Balaban J connectivity index is 1.69. The molecule has 0 aliphatic heterocycles. The quantitative estimate of drug-likeness (QED) is 0.767. The van der Waals surface area contributed by atoms with Crippen LogP contribution in [0.5, 0.6) is 11.5 Å². The Hall–Kier alpha value is -1.96. The van der Waals surface area contributed by atoms with Crippen molar-refractivity contribution >= 4 is 0 Å². The monoisotopic (exact) mass is 266 g/mol. The van der Waals surface area contributed by atoms with E-state index < -0.39 is 0 Å². The highest BCUT2D eigenvalue weighted by Crippen LogP contribution is 2.47. The summed E-state index contributed by atoms with van der Waals surface area (Å²) in [7, 11) is 0. The molecule has 2 aromatic rings. The van der Waals surface area contributed by atoms with E-state index in [1.54, 1.807) is 12.1 Å². The number of hydrogen-bond acceptors (Lipinski definition) is 2. The van der Waals surface area contributed by atoms with E-state index in [0.29, 0.717) is 11.5 Å². The van der Waals surface area contributed by atoms with E-state index in [0.717, 1.165) is 25.7 Å². The lowest BCUT2D eigenvalue weighted by Gasteiger charge is -2.34. The van der Waals surface area contributed by atoms with Crippen molar-refractivity contribution in [1.82, 2.24) is 0 Å². The van der Waals surface area contributed by atoms with E-state index in [1.807, 2.05) is 12.1 Å². The van der Waals surface area contributed by atoms with Gasteiger partial charge in [0.25, 0.3) is 0 Å². The van der Waals surface area contributed by atoms with Gasteiger partial charge in [-0.05, 0) is 84.0 Å². The smallest absolute Gasteiger partial charge is 0.115 e. The average Bonchev–Trinajstić information content (AvgIpc) is 2.75. The van der Waals surface area contributed by atoms with Crippen LogP contribution in [0.3, 0.4) is 0 Å². The Bertz CT molecular complexity index is 690. The lowest BCUT2D eigenvalue weighted by atomic mass is 9.70. The van der Waals surface area contributed by atoms with Gasteiger partial charge in [-0.1, -0.05) is 12.1 Å². The number of benzene rings is 2. The molecule has 0 heterocycles. The Morgan fingerprint density at radius 3 is 1.95 bits per heavy atom. The van der Waals surface area contributed by atoms with Crippen LogP contribution in [0.15, 0.2) is 36.4 Å². The first-order valence-electron chi connectivity index (χ1n) is 7.25. The number of phenolic OH excluding ortho intramolecular Hbond substituents is 2. The van der Waals surface area contributed by atoms with Gasteiger partial charge in [-0.2, -0.15) is 0 Å². The normalized spacial score (nSPS) is 23.6. The highest BCUT2D eigenvalue weighted by atomic mass is 16.3. The van der Waals surface area contributed by atoms with Gasteiger partial charge in [0, 0.05) is 0 Å². The minimum absolute atomic E-state index is 0.289. The maximum absolute atomic E-state index is 9.70. The molecule has 0 saturated carbocycles. The predicted octanol–water partition coefficient (Wildman–Crippen LogP) is 3.37. The molecule has 0 amide bonds. The number of rotatable bonds is 0. The van der Waals surface area contributed by atoms with E-state index in [4.69, 9.17) is 0 Å². The summed E-state index contributed by atoms with van der Waals surface area (Å²) in [6, 6.07) is 11.6. The summed E-state index contributed by atoms with van der Waals surface area (Å²) < 4.78 is 0. The number of fused-ring (bicyclic) bond motifs is 2. The third-order valence-corrected chi connectivity index (χ3v) is 5.00. The molecule has 1 spiro atoms. The van der Waals surface area contributed by atoms with Crippen LogP contribution in [0, 0.1) is 5.41 Å². The minimum atomic E-state index is 0.289. The molecule has 2 heteroatoms. The van der Waals surface area contributed by atoms with Crippen LogP contribution in [0.1, 0.15) is 28.7 Å². The molecular formula is C18H18O2. The van der Waals surface area contributed by atoms with E-state index in [2.05, 4.69) is 12.1 Å². The largest absolute Gasteiger partial charge is 0.508 e. The highest BCUT2D eigenvalue weighted by molar-refractivity contribution is 5.43. The van der Waals surface area contributed by atoms with Crippen molar-refractivity contribution < 1.29 is 10.2 Å². The number of phenols is 2. The molecule has 102 valence electrons. The number of aryl methyl sites for hydroxylation is 1. The summed E-state index contributed by atoms with van der Waals surface area (Å²) in [4.78, 5) is 0. The molecule has 2 aromatic carbocycles. The van der Waals surface area contributed by atoms with E-state index >= 15 is 0 Å². The third-order valence-electron chi connectivity index (χ3n) is 5.00. The maximum Gasteiger partial charge on any atom is 0.115 e. The standard InChI is InChI=1S/C18H18O2/c19-16-3-1-12-5-6-18(10-14(12)7-16)9-13-2-4-17(20)8-15(13)11-18/h1-4,7-8,19-20H,5-6,9-11H2/t18-/m1/s1. The molecule has 2 N–H and O–H groups in total. The van der Waals surface area contributed by atoms with Crippen molar-refractivity contribution in [2.75, 3.05) is 0 Å². The van der Waals surface area contributed by atoms with Crippen molar-refractivity contribution in [2.45, 2.75) is 32.1 Å². The SMILES string of the molecule is Oc1ccc2c(c1)C[C@@]1(CC2)Cc2ccc(O)cc2C1. The first-order chi connectivity index (χ1) is 9.63. The van der Waals surface area contributed by atoms with Gasteiger partial charge in [-0.25, -0.2) is 0 Å². The zero-order valence-corrected chi connectivity index (χ0v) is 11.4. The van der Waals surface area contributed by atoms with Crippen molar-refractivity contribution in [2.24, 2.45) is 5.41 Å². The van der Waals surface area contributed by atoms with Gasteiger partial charge < -0.3 is 10.2 Å². The molecule has 20 heavy (non-hydrogen) atoms. The van der Waals surface area contributed by atoms with Crippen molar-refractivity contribution in [3.8, 4) is 11.5 Å². The molecular weight excluding hydrogens is 248 g/mol. The topological polar surface area (TPSA) is 40.5 Å². The summed E-state index contributed by atoms with van der Waals surface area (Å²) in [5.74, 6) is 0.739. The van der Waals surface area contributed by atoms with Crippen molar-refractivity contribution in [3.05, 3.63) is 58.7 Å². The van der Waals surface area contributed by atoms with Crippen LogP contribution in [0.2, 0.25) is 0 Å². The van der Waals surface area contributed by atoms with Crippen molar-refractivity contribution in [1.29, 1.82) is 0 Å². The Kier molecular flexibility index (Phi) is 2.38. The molecule has 2 nitrogen and oxygen atoms in total. The summed E-state index contributed by atoms with van der Waals surface area (Å²) in [6.07, 6.45) is 5.46. The van der Waals surface area contributed by atoms with E-state index in [1.165, 1.54) is 28.7 Å². The van der Waals surface area contributed by atoms with Crippen LogP contribution in [-0.2, 0) is 25.7 Å². The number of hydrogen-bond donors (Lipinski definition) is 2. The second-order valence-electron chi connectivity index (χ2n) is 6.44. The Morgan fingerprint density at radius 2 is 1.25 bits per heavy atom. The predicted molar refractivity (Wildman–Crippen MR) is 78.1 cm³/mol. The lowest BCUT2D eigenvalue weighted by molar-refractivity contribution is 0.261. The zero-order chi connectivity index (χ0) is 13.7. The van der Waals surface area contributed by atoms with Crippen molar-refractivity contribution in [3.63, 3.8) is 0 Å². The molecule has 0 unspecified atom stereocenters. The summed E-state index contributed by atoms with van der Waals surface area (Å²) in [6.45, 7) is 0. The van der Waals surface area contributed by atoms with Gasteiger partial charge in [0.1, 0.15) is 11.5 Å². The number of aromatic hydroxyl groups is 2. The van der Waals surface area contributed by atoms with E-state index in [-0.39, 0.29) is 5.41 Å². The lowest BCUT2D eigenvalue weighted by Crippen LogP contribution is -2.29.